The van der Waals surface area contributed by atoms with Crippen LogP contribution >= 0.6 is 54.0 Å². The summed E-state index contributed by atoms with van der Waals surface area (Å²) >= 11 is 0. The molecule has 19 heteroatoms. The maximum absolute atomic E-state index is 14.7. The van der Waals surface area contributed by atoms with Crippen LogP contribution in [0.15, 0.2) is 79.6 Å². The Hall–Kier alpha value is -5.21. The predicted molar refractivity (Wildman–Crippen MR) is 297 cm³/mol. The van der Waals surface area contributed by atoms with Gasteiger partial charge in [0.05, 0.1) is 24.2 Å². The zero-order valence-electron chi connectivity index (χ0n) is 41.6. The third kappa shape index (κ3) is 12.4. The molecular weight excluding hydrogens is 963 g/mol. The molecule has 3 aromatic heterocycles. The molecule has 0 aliphatic carbocycles. The molecule has 0 spiro atoms. The van der Waals surface area contributed by atoms with Gasteiger partial charge in [0.2, 0.25) is 17.8 Å². The first kappa shape index (κ1) is 59.1. The topological polar surface area (TPSA) is 173 Å². The second kappa shape index (κ2) is 24.8. The molecule has 7 rings (SSSR count). The SMILES string of the molecule is C=CC(=O)Nc1ncc(C(=O)N(C)[C@H](C(=O)N[C@H]2Cc3cccc(c3)-c3ccc4c(c3)c(c(-c3cccnc3C(C)C)n4CC)CC(C)(C)COC(=O)[C@@H]3CCCN(N3)C2=O)C(C)C)n1C.S.S.S.S. The first-order valence-electron chi connectivity index (χ1n) is 22.9. The molecule has 15 nitrogen and oxygen atoms in total. The lowest BCUT2D eigenvalue weighted by molar-refractivity contribution is -0.155. The number of pyridine rings is 1. The summed E-state index contributed by atoms with van der Waals surface area (Å²) in [5, 5.41) is 8.12. The number of benzene rings is 2. The quantitative estimate of drug-likeness (QED) is 0.0962. The van der Waals surface area contributed by atoms with Gasteiger partial charge in [0.1, 0.15) is 23.8 Å². The van der Waals surface area contributed by atoms with Crippen LogP contribution in [0.1, 0.15) is 94.5 Å². The van der Waals surface area contributed by atoms with E-state index in [1.807, 2.05) is 38.2 Å². The average molecular weight is 1030 g/mol. The van der Waals surface area contributed by atoms with Crippen molar-refractivity contribution in [2.45, 2.75) is 105 Å². The van der Waals surface area contributed by atoms with Gasteiger partial charge < -0.3 is 24.1 Å². The molecule has 5 heterocycles. The van der Waals surface area contributed by atoms with Crippen LogP contribution in [0.2, 0.25) is 0 Å². The van der Waals surface area contributed by atoms with E-state index in [4.69, 9.17) is 9.72 Å². The molecule has 0 radical (unpaired) electrons. The molecule has 6 bridgehead atoms. The number of amides is 4. The molecule has 0 saturated carbocycles. The predicted octanol–water partition coefficient (Wildman–Crippen LogP) is 7.27. The molecule has 0 unspecified atom stereocenters. The third-order valence-electron chi connectivity index (χ3n) is 12.7. The number of aryl methyl sites for hydroxylation is 1. The summed E-state index contributed by atoms with van der Waals surface area (Å²) in [5.74, 6) is -2.45. The van der Waals surface area contributed by atoms with E-state index in [2.05, 4.69) is 103 Å². The number of hydrogen-bond acceptors (Lipinski definition) is 9. The Morgan fingerprint density at radius 2 is 1.71 bits per heavy atom. The van der Waals surface area contributed by atoms with Crippen molar-refractivity contribution in [3.8, 4) is 22.4 Å². The number of carbonyl (C=O) groups is 5. The van der Waals surface area contributed by atoms with Crippen LogP contribution in [0.4, 0.5) is 5.95 Å². The van der Waals surface area contributed by atoms with Gasteiger partial charge in [-0.15, -0.1) is 0 Å². The summed E-state index contributed by atoms with van der Waals surface area (Å²) in [6.45, 7) is 19.0. The summed E-state index contributed by atoms with van der Waals surface area (Å²) in [7, 11) is 3.11. The van der Waals surface area contributed by atoms with Crippen molar-refractivity contribution < 1.29 is 28.7 Å². The molecule has 380 valence electrons. The van der Waals surface area contributed by atoms with E-state index in [0.29, 0.717) is 25.8 Å². The Labute approximate surface area is 439 Å². The first-order chi connectivity index (χ1) is 31.4. The summed E-state index contributed by atoms with van der Waals surface area (Å²) in [6, 6.07) is 15.8. The lowest BCUT2D eigenvalue weighted by atomic mass is 9.83. The van der Waals surface area contributed by atoms with Crippen LogP contribution in [0, 0.1) is 11.3 Å². The third-order valence-corrected chi connectivity index (χ3v) is 12.7. The standard InChI is InChI=1S/C51H63N9O6.4H2S/c1-11-42(61)55-50-53-28-41(57(50)9)48(64)58(10)44(31(5)6)46(62)54-39-25-32-16-13-17-33(24-32)34-20-21-40-36(26-34)37(45(59(40)12-2)35-18-14-22-52-43(35)30(3)4)27-51(7,8)29-66-49(65)38-19-15-23-60(56-38)47(39)63;;;;/h11,13-14,16-18,20-22,24,26,28,30-31,38-39,44,56H,1,12,15,19,23,25,27,29H2,2-10H3,(H,54,62)(H,53,55,61);4*1H2/t38-,39-,44-;;;;/m0..../s1. The normalized spacial score (nSPS) is 17.1. The van der Waals surface area contributed by atoms with Crippen LogP contribution in [0.5, 0.6) is 0 Å². The molecule has 2 aromatic carbocycles. The fourth-order valence-electron chi connectivity index (χ4n) is 9.39. The number of anilines is 1. The van der Waals surface area contributed by atoms with Crippen LogP contribution in [-0.4, -0.2) is 96.9 Å². The van der Waals surface area contributed by atoms with Gasteiger partial charge in [0, 0.05) is 61.7 Å². The molecule has 70 heavy (non-hydrogen) atoms. The van der Waals surface area contributed by atoms with Crippen molar-refractivity contribution in [2.24, 2.45) is 18.4 Å². The van der Waals surface area contributed by atoms with Gasteiger partial charge >= 0.3 is 5.97 Å². The van der Waals surface area contributed by atoms with Crippen molar-refractivity contribution in [1.29, 1.82) is 0 Å². The van der Waals surface area contributed by atoms with Crippen LogP contribution in [0.25, 0.3) is 33.3 Å². The largest absolute Gasteiger partial charge is 0.464 e. The number of hydrazine groups is 1. The van der Waals surface area contributed by atoms with Crippen molar-refractivity contribution in [1.82, 2.24) is 39.8 Å². The maximum atomic E-state index is 14.7. The zero-order chi connectivity index (χ0) is 47.6. The van der Waals surface area contributed by atoms with Gasteiger partial charge in [-0.25, -0.2) is 10.4 Å². The minimum atomic E-state index is -1.08. The number of nitrogens with one attached hydrogen (secondary N) is 3. The number of nitrogens with zero attached hydrogens (tertiary/aromatic N) is 6. The van der Waals surface area contributed by atoms with E-state index < -0.39 is 53.1 Å². The number of carbonyl (C=O) groups excluding carboxylic acids is 5. The molecule has 3 atom stereocenters. The lowest BCUT2D eigenvalue weighted by Gasteiger charge is -2.36. The van der Waals surface area contributed by atoms with E-state index in [-0.39, 0.29) is 90.5 Å². The number of aromatic nitrogens is 4. The van der Waals surface area contributed by atoms with Crippen molar-refractivity contribution in [3.05, 3.63) is 102 Å². The molecule has 1 fully saturated rings. The van der Waals surface area contributed by atoms with Crippen molar-refractivity contribution in [3.63, 3.8) is 0 Å². The van der Waals surface area contributed by atoms with Gasteiger partial charge in [-0.1, -0.05) is 78.5 Å². The zero-order valence-corrected chi connectivity index (χ0v) is 45.6. The average Bonchev–Trinajstić information content (AvgIpc) is 3.81. The number of rotatable bonds is 10. The summed E-state index contributed by atoms with van der Waals surface area (Å²) < 4.78 is 9.92. The highest BCUT2D eigenvalue weighted by Gasteiger charge is 2.38. The van der Waals surface area contributed by atoms with Gasteiger partial charge in [-0.3, -0.25) is 39.3 Å². The van der Waals surface area contributed by atoms with Crippen LogP contribution in [-0.2, 0) is 50.3 Å². The molecular formula is C51H71N9O6S4. The van der Waals surface area contributed by atoms with E-state index in [9.17, 15) is 24.0 Å². The Morgan fingerprint density at radius 1 is 1.00 bits per heavy atom. The lowest BCUT2D eigenvalue weighted by Crippen LogP contribution is -2.62. The Bertz CT molecular complexity index is 2700. The first-order valence-corrected chi connectivity index (χ1v) is 22.9. The number of imidazole rings is 1. The highest BCUT2D eigenvalue weighted by molar-refractivity contribution is 7.59. The number of cyclic esters (lactones) is 1. The maximum Gasteiger partial charge on any atom is 0.324 e. The van der Waals surface area contributed by atoms with E-state index >= 15 is 0 Å². The molecule has 5 aromatic rings. The fourth-order valence-corrected chi connectivity index (χ4v) is 9.39. The Kier molecular flexibility index (Phi) is 20.9. The van der Waals surface area contributed by atoms with Gasteiger partial charge in [-0.05, 0) is 90.6 Å². The molecule has 2 aliphatic heterocycles. The highest BCUT2D eigenvalue weighted by Crippen LogP contribution is 2.42. The number of hydrogen-bond donors (Lipinski definition) is 3. The second-order valence-corrected chi connectivity index (χ2v) is 18.9. The summed E-state index contributed by atoms with van der Waals surface area (Å²) in [6.07, 6.45) is 6.03. The molecule has 3 N–H and O–H groups in total. The van der Waals surface area contributed by atoms with E-state index in [0.717, 1.165) is 62.7 Å². The summed E-state index contributed by atoms with van der Waals surface area (Å²) in [5.41, 5.74) is 11.0. The monoisotopic (exact) mass is 1030 g/mol. The minimum absolute atomic E-state index is 0. The molecule has 1 saturated heterocycles. The van der Waals surface area contributed by atoms with Gasteiger partial charge in [-0.2, -0.15) is 54.0 Å². The van der Waals surface area contributed by atoms with E-state index in [1.54, 1.807) is 7.05 Å². The van der Waals surface area contributed by atoms with Crippen molar-refractivity contribution in [2.75, 3.05) is 25.5 Å². The highest BCUT2D eigenvalue weighted by atomic mass is 32.1. The van der Waals surface area contributed by atoms with Gasteiger partial charge in [0.25, 0.3) is 11.8 Å². The Morgan fingerprint density at radius 3 is 2.39 bits per heavy atom. The minimum Gasteiger partial charge on any atom is -0.464 e. The fraction of sp³-hybridized carbons (Fsp3) is 0.431. The van der Waals surface area contributed by atoms with Crippen molar-refractivity contribution >= 4 is 100 Å². The van der Waals surface area contributed by atoms with Gasteiger partial charge in [0.15, 0.2) is 0 Å². The molecule has 4 amide bonds. The van der Waals surface area contributed by atoms with Crippen LogP contribution in [0.3, 0.4) is 0 Å². The van der Waals surface area contributed by atoms with Crippen LogP contribution < -0.4 is 16.1 Å². The number of likely N-dealkylation sites (N-methyl/N-ethyl adjacent to an activating group) is 1. The molecule has 2 aliphatic rings. The number of esters is 1. The Balaban J connectivity index is 0.00000324. The smallest absolute Gasteiger partial charge is 0.324 e. The summed E-state index contributed by atoms with van der Waals surface area (Å²) in [4.78, 5) is 79.5. The number of ether oxygens (including phenoxy) is 1. The number of fused-ring (bicyclic) bond motifs is 6. The van der Waals surface area contributed by atoms with E-state index in [1.165, 1.54) is 27.7 Å². The second-order valence-electron chi connectivity index (χ2n) is 18.9.